The third-order valence-corrected chi connectivity index (χ3v) is 6.50. The Kier molecular flexibility index (Phi) is 6.89. The lowest BCUT2D eigenvalue weighted by molar-refractivity contribution is -0.116. The number of carbonyl (C=O) groups is 1. The highest BCUT2D eigenvalue weighted by atomic mass is 32.1. The van der Waals surface area contributed by atoms with Crippen LogP contribution in [0, 0.1) is 0 Å². The number of hydrogen-bond donors (Lipinski definition) is 1. The molecule has 5 nitrogen and oxygen atoms in total. The van der Waals surface area contributed by atoms with Gasteiger partial charge in [-0.2, -0.15) is 0 Å². The fraction of sp³-hybridized carbons (Fsp3) is 0.333. The van der Waals surface area contributed by atoms with Gasteiger partial charge in [-0.15, -0.1) is 11.3 Å². The number of amides is 1. The fourth-order valence-electron chi connectivity index (χ4n) is 3.64. The predicted molar refractivity (Wildman–Crippen MR) is 124 cm³/mol. The minimum absolute atomic E-state index is 0.105. The molecule has 1 aliphatic rings. The van der Waals surface area contributed by atoms with Crippen molar-refractivity contribution >= 4 is 33.5 Å². The number of nitrogens with zero attached hydrogens (tertiary/aromatic N) is 3. The second-order valence-electron chi connectivity index (χ2n) is 7.60. The number of piperazine rings is 1. The number of hydrogen-bond acceptors (Lipinski definition) is 5. The van der Waals surface area contributed by atoms with Crippen LogP contribution in [0.3, 0.4) is 0 Å². The van der Waals surface area contributed by atoms with Crippen LogP contribution in [0.5, 0.6) is 0 Å². The monoisotopic (exact) mass is 420 g/mol. The highest BCUT2D eigenvalue weighted by molar-refractivity contribution is 7.19. The summed E-state index contributed by atoms with van der Waals surface area (Å²) in [6.45, 7) is 9.47. The van der Waals surface area contributed by atoms with E-state index in [0.29, 0.717) is 6.54 Å². The smallest absolute Gasteiger partial charge is 0.244 e. The molecule has 1 N–H and O–H groups in total. The lowest BCUT2D eigenvalue weighted by Crippen LogP contribution is -2.45. The molecule has 156 valence electrons. The van der Waals surface area contributed by atoms with Crippen LogP contribution in [0.2, 0.25) is 0 Å². The zero-order chi connectivity index (χ0) is 20.8. The Morgan fingerprint density at radius 2 is 1.73 bits per heavy atom. The zero-order valence-corrected chi connectivity index (χ0v) is 18.2. The van der Waals surface area contributed by atoms with Crippen LogP contribution in [0.25, 0.3) is 16.3 Å². The Morgan fingerprint density at radius 3 is 2.47 bits per heavy atom. The van der Waals surface area contributed by atoms with Gasteiger partial charge in [0.1, 0.15) is 5.01 Å². The molecule has 0 spiro atoms. The molecule has 0 saturated carbocycles. The van der Waals surface area contributed by atoms with E-state index in [9.17, 15) is 4.79 Å². The number of fused-ring (bicyclic) bond motifs is 1. The Hall–Kier alpha value is -2.54. The molecule has 2 aromatic carbocycles. The average molecular weight is 421 g/mol. The zero-order valence-electron chi connectivity index (χ0n) is 17.4. The van der Waals surface area contributed by atoms with E-state index in [4.69, 9.17) is 0 Å². The molecule has 6 heteroatoms. The summed E-state index contributed by atoms with van der Waals surface area (Å²) in [6, 6.07) is 16.6. The van der Waals surface area contributed by atoms with E-state index in [1.165, 1.54) is 5.56 Å². The molecule has 0 bridgehead atoms. The van der Waals surface area contributed by atoms with Crippen LogP contribution < -0.4 is 5.32 Å². The first kappa shape index (κ1) is 20.7. The Morgan fingerprint density at radius 1 is 1.03 bits per heavy atom. The predicted octanol–water partition coefficient (Wildman–Crippen LogP) is 3.76. The molecule has 0 atom stereocenters. The summed E-state index contributed by atoms with van der Waals surface area (Å²) in [5.74, 6) is -0.105. The van der Waals surface area contributed by atoms with E-state index < -0.39 is 0 Å². The van der Waals surface area contributed by atoms with Gasteiger partial charge in [0, 0.05) is 45.3 Å². The molecule has 30 heavy (non-hydrogen) atoms. The third kappa shape index (κ3) is 5.53. The van der Waals surface area contributed by atoms with Crippen LogP contribution in [0.4, 0.5) is 0 Å². The summed E-state index contributed by atoms with van der Waals surface area (Å²) in [5, 5.41) is 3.79. The quantitative estimate of drug-likeness (QED) is 0.591. The first-order valence-electron chi connectivity index (χ1n) is 10.5. The van der Waals surface area contributed by atoms with Crippen molar-refractivity contribution in [2.24, 2.45) is 0 Å². The van der Waals surface area contributed by atoms with Crippen molar-refractivity contribution < 1.29 is 4.79 Å². The second kappa shape index (κ2) is 9.98. The van der Waals surface area contributed by atoms with Gasteiger partial charge in [-0.25, -0.2) is 4.98 Å². The molecule has 1 saturated heterocycles. The topological polar surface area (TPSA) is 48.5 Å². The van der Waals surface area contributed by atoms with Crippen molar-refractivity contribution in [2.45, 2.75) is 20.0 Å². The van der Waals surface area contributed by atoms with Crippen molar-refractivity contribution in [1.29, 1.82) is 0 Å². The van der Waals surface area contributed by atoms with E-state index in [0.717, 1.165) is 60.1 Å². The molecule has 0 unspecified atom stereocenters. The highest BCUT2D eigenvalue weighted by Gasteiger charge is 2.15. The molecule has 1 amide bonds. The van der Waals surface area contributed by atoms with Crippen LogP contribution in [-0.2, 0) is 17.9 Å². The fourth-order valence-corrected chi connectivity index (χ4v) is 4.51. The van der Waals surface area contributed by atoms with Gasteiger partial charge in [0.05, 0.1) is 10.2 Å². The normalized spacial score (nSPS) is 15.8. The standard InChI is InChI=1S/C24H28N4OS/c1-2-27-13-15-28(16-14-27)18-20-9-7-19(8-10-20)17-25-23(29)11-12-24-26-21-5-3-4-6-22(21)30-24/h3-12H,2,13-18H2,1H3,(H,25,29)/b12-11+. The number of aromatic nitrogens is 1. The summed E-state index contributed by atoms with van der Waals surface area (Å²) in [7, 11) is 0. The molecule has 1 aromatic heterocycles. The van der Waals surface area contributed by atoms with E-state index in [2.05, 4.69) is 51.3 Å². The maximum atomic E-state index is 12.2. The van der Waals surface area contributed by atoms with Crippen LogP contribution in [-0.4, -0.2) is 53.4 Å². The van der Waals surface area contributed by atoms with Crippen LogP contribution in [0.15, 0.2) is 54.6 Å². The molecular formula is C24H28N4OS. The van der Waals surface area contributed by atoms with Gasteiger partial charge in [-0.1, -0.05) is 43.3 Å². The molecule has 1 fully saturated rings. The summed E-state index contributed by atoms with van der Waals surface area (Å²) < 4.78 is 1.13. The second-order valence-corrected chi connectivity index (χ2v) is 8.66. The number of nitrogens with one attached hydrogen (secondary N) is 1. The lowest BCUT2D eigenvalue weighted by Gasteiger charge is -2.34. The molecule has 2 heterocycles. The Bertz CT molecular complexity index is 970. The van der Waals surface area contributed by atoms with Crippen LogP contribution in [0.1, 0.15) is 23.1 Å². The minimum atomic E-state index is -0.105. The van der Waals surface area contributed by atoms with Crippen molar-refractivity contribution in [3.8, 4) is 0 Å². The van der Waals surface area contributed by atoms with Gasteiger partial charge < -0.3 is 10.2 Å². The maximum Gasteiger partial charge on any atom is 0.244 e. The van der Waals surface area contributed by atoms with Crippen molar-refractivity contribution in [1.82, 2.24) is 20.1 Å². The van der Waals surface area contributed by atoms with Gasteiger partial charge in [0.2, 0.25) is 5.91 Å². The third-order valence-electron chi connectivity index (χ3n) is 5.50. The van der Waals surface area contributed by atoms with E-state index in [1.54, 1.807) is 23.5 Å². The number of carbonyl (C=O) groups excluding carboxylic acids is 1. The van der Waals surface area contributed by atoms with Gasteiger partial charge in [-0.05, 0) is 35.9 Å². The largest absolute Gasteiger partial charge is 0.348 e. The Labute approximate surface area is 182 Å². The van der Waals surface area contributed by atoms with Gasteiger partial charge >= 0.3 is 0 Å². The summed E-state index contributed by atoms with van der Waals surface area (Å²) in [6.07, 6.45) is 3.34. The summed E-state index contributed by atoms with van der Waals surface area (Å²) in [5.41, 5.74) is 3.40. The molecule has 4 rings (SSSR count). The molecule has 0 radical (unpaired) electrons. The first-order chi connectivity index (χ1) is 14.7. The highest BCUT2D eigenvalue weighted by Crippen LogP contribution is 2.22. The van der Waals surface area contributed by atoms with Gasteiger partial charge in [0.25, 0.3) is 0 Å². The molecule has 1 aliphatic heterocycles. The minimum Gasteiger partial charge on any atom is -0.348 e. The van der Waals surface area contributed by atoms with Crippen molar-refractivity contribution in [3.05, 3.63) is 70.7 Å². The first-order valence-corrected chi connectivity index (χ1v) is 11.4. The maximum absolute atomic E-state index is 12.2. The van der Waals surface area contributed by atoms with E-state index in [-0.39, 0.29) is 5.91 Å². The van der Waals surface area contributed by atoms with Gasteiger partial charge in [0.15, 0.2) is 0 Å². The van der Waals surface area contributed by atoms with Gasteiger partial charge in [-0.3, -0.25) is 9.69 Å². The number of rotatable bonds is 7. The number of para-hydroxylation sites is 1. The number of benzene rings is 2. The molecular weight excluding hydrogens is 392 g/mol. The number of likely N-dealkylation sites (N-methyl/N-ethyl adjacent to an activating group) is 1. The van der Waals surface area contributed by atoms with Crippen molar-refractivity contribution in [3.63, 3.8) is 0 Å². The van der Waals surface area contributed by atoms with Crippen molar-refractivity contribution in [2.75, 3.05) is 32.7 Å². The average Bonchev–Trinajstić information content (AvgIpc) is 3.21. The number of thiazole rings is 1. The van der Waals surface area contributed by atoms with E-state index in [1.807, 2.05) is 24.3 Å². The van der Waals surface area contributed by atoms with Crippen LogP contribution >= 0.6 is 11.3 Å². The van der Waals surface area contributed by atoms with E-state index >= 15 is 0 Å². The lowest BCUT2D eigenvalue weighted by atomic mass is 10.1. The SMILES string of the molecule is CCN1CCN(Cc2ccc(CNC(=O)/C=C/c3nc4ccccc4s3)cc2)CC1. The summed E-state index contributed by atoms with van der Waals surface area (Å²) >= 11 is 1.59. The summed E-state index contributed by atoms with van der Waals surface area (Å²) in [4.78, 5) is 21.7. The molecule has 0 aliphatic carbocycles. The Balaban J connectivity index is 1.24. The molecule has 3 aromatic rings.